The van der Waals surface area contributed by atoms with Crippen LogP contribution >= 0.6 is 11.3 Å². The van der Waals surface area contributed by atoms with Gasteiger partial charge in [-0.05, 0) is 35.7 Å². The highest BCUT2D eigenvalue weighted by molar-refractivity contribution is 7.92. The van der Waals surface area contributed by atoms with Gasteiger partial charge in [0.2, 0.25) is 0 Å². The molecule has 1 aromatic heterocycles. The van der Waals surface area contributed by atoms with E-state index in [1.165, 1.54) is 23.5 Å². The van der Waals surface area contributed by atoms with Crippen LogP contribution in [-0.2, 0) is 16.6 Å². The van der Waals surface area contributed by atoms with E-state index in [0.717, 1.165) is 10.9 Å². The molecule has 0 fully saturated rings. The van der Waals surface area contributed by atoms with Gasteiger partial charge < -0.3 is 5.32 Å². The number of hydrogen-bond donors (Lipinski definition) is 2. The number of nitro groups is 1. The molecule has 0 spiro atoms. The van der Waals surface area contributed by atoms with E-state index in [4.69, 9.17) is 0 Å². The van der Waals surface area contributed by atoms with Crippen molar-refractivity contribution in [3.8, 4) is 0 Å². The van der Waals surface area contributed by atoms with Crippen LogP contribution in [0, 0.1) is 10.1 Å². The van der Waals surface area contributed by atoms with Gasteiger partial charge in [0, 0.05) is 23.2 Å². The zero-order valence-corrected chi connectivity index (χ0v) is 15.1. The van der Waals surface area contributed by atoms with Gasteiger partial charge in [0.1, 0.15) is 5.69 Å². The van der Waals surface area contributed by atoms with Crippen molar-refractivity contribution in [3.63, 3.8) is 0 Å². The Hall–Kier alpha value is -2.91. The summed E-state index contributed by atoms with van der Waals surface area (Å²) in [4.78, 5) is 11.6. The fourth-order valence-corrected chi connectivity index (χ4v) is 4.02. The summed E-state index contributed by atoms with van der Waals surface area (Å²) < 4.78 is 27.4. The monoisotopic (exact) mass is 389 g/mol. The number of para-hydroxylation sites is 1. The highest BCUT2D eigenvalue weighted by Crippen LogP contribution is 2.29. The molecule has 3 aromatic rings. The third-order valence-corrected chi connectivity index (χ3v) is 5.79. The van der Waals surface area contributed by atoms with Crippen LogP contribution in [0.5, 0.6) is 0 Å². The molecule has 26 heavy (non-hydrogen) atoms. The van der Waals surface area contributed by atoms with Crippen LogP contribution in [0.15, 0.2) is 70.9 Å². The molecule has 2 N–H and O–H groups in total. The molecule has 0 aliphatic heterocycles. The second-order valence-electron chi connectivity index (χ2n) is 5.34. The van der Waals surface area contributed by atoms with Crippen molar-refractivity contribution in [2.45, 2.75) is 11.4 Å². The van der Waals surface area contributed by atoms with Gasteiger partial charge in [-0.2, -0.15) is 0 Å². The van der Waals surface area contributed by atoms with E-state index in [1.807, 2.05) is 17.5 Å². The van der Waals surface area contributed by atoms with Gasteiger partial charge >= 0.3 is 0 Å². The zero-order valence-electron chi connectivity index (χ0n) is 13.5. The van der Waals surface area contributed by atoms with Gasteiger partial charge in [0.15, 0.2) is 0 Å². The van der Waals surface area contributed by atoms with Gasteiger partial charge in [0.05, 0.1) is 9.82 Å². The van der Waals surface area contributed by atoms with Gasteiger partial charge in [-0.3, -0.25) is 14.8 Å². The minimum absolute atomic E-state index is 0.172. The SMILES string of the molecule is O=[N+]([O-])c1cc(S(=O)(=O)Nc2ccccc2)ccc1NCc1cccs1. The van der Waals surface area contributed by atoms with E-state index in [9.17, 15) is 18.5 Å². The predicted octanol–water partition coefficient (Wildman–Crippen LogP) is 4.07. The van der Waals surface area contributed by atoms with Crippen molar-refractivity contribution in [3.05, 3.63) is 81.0 Å². The van der Waals surface area contributed by atoms with E-state index in [1.54, 1.807) is 30.3 Å². The zero-order chi connectivity index (χ0) is 18.6. The summed E-state index contributed by atoms with van der Waals surface area (Å²) in [6.07, 6.45) is 0. The summed E-state index contributed by atoms with van der Waals surface area (Å²) in [7, 11) is -3.92. The maximum absolute atomic E-state index is 12.5. The fraction of sp³-hybridized carbons (Fsp3) is 0.0588. The highest BCUT2D eigenvalue weighted by atomic mass is 32.2. The average molecular weight is 389 g/mol. The summed E-state index contributed by atoms with van der Waals surface area (Å²) in [5, 5.41) is 16.3. The minimum atomic E-state index is -3.92. The van der Waals surface area contributed by atoms with Crippen molar-refractivity contribution < 1.29 is 13.3 Å². The molecule has 1 heterocycles. The minimum Gasteiger partial charge on any atom is -0.375 e. The van der Waals surface area contributed by atoms with E-state index in [0.29, 0.717) is 12.2 Å². The second kappa shape index (κ2) is 7.54. The third kappa shape index (κ3) is 4.19. The lowest BCUT2D eigenvalue weighted by Gasteiger charge is -2.10. The third-order valence-electron chi connectivity index (χ3n) is 3.54. The largest absolute Gasteiger partial charge is 0.375 e. The number of sulfonamides is 1. The Bertz CT molecular complexity index is 1000. The van der Waals surface area contributed by atoms with Gasteiger partial charge in [-0.1, -0.05) is 24.3 Å². The molecule has 9 heteroatoms. The van der Waals surface area contributed by atoms with Crippen molar-refractivity contribution >= 4 is 38.4 Å². The van der Waals surface area contributed by atoms with Crippen LogP contribution in [0.2, 0.25) is 0 Å². The summed E-state index contributed by atoms with van der Waals surface area (Å²) >= 11 is 1.53. The average Bonchev–Trinajstić information content (AvgIpc) is 3.13. The van der Waals surface area contributed by atoms with E-state index >= 15 is 0 Å². The number of hydrogen-bond acceptors (Lipinski definition) is 6. The Morgan fingerprint density at radius 3 is 2.46 bits per heavy atom. The molecule has 0 bridgehead atoms. The van der Waals surface area contributed by atoms with E-state index < -0.39 is 14.9 Å². The Labute approximate surface area is 154 Å². The van der Waals surface area contributed by atoms with Crippen LogP contribution in [0.1, 0.15) is 4.88 Å². The molecule has 134 valence electrons. The molecule has 0 aliphatic rings. The summed E-state index contributed by atoms with van der Waals surface area (Å²) in [5.74, 6) is 0. The molecule has 3 rings (SSSR count). The highest BCUT2D eigenvalue weighted by Gasteiger charge is 2.21. The predicted molar refractivity (Wildman–Crippen MR) is 102 cm³/mol. The first kappa shape index (κ1) is 17.9. The van der Waals surface area contributed by atoms with Gasteiger partial charge in [-0.25, -0.2) is 8.42 Å². The maximum atomic E-state index is 12.5. The second-order valence-corrected chi connectivity index (χ2v) is 8.06. The number of nitro benzene ring substituents is 1. The summed E-state index contributed by atoms with van der Waals surface area (Å²) in [6.45, 7) is 0.423. The molecular formula is C17H15N3O4S2. The fourth-order valence-electron chi connectivity index (χ4n) is 2.29. The Morgan fingerprint density at radius 1 is 1.04 bits per heavy atom. The first-order valence-corrected chi connectivity index (χ1v) is 9.94. The molecule has 0 radical (unpaired) electrons. The standard InChI is InChI=1S/C17H15N3O4S2/c21-20(22)17-11-15(26(23,24)19-13-5-2-1-3-6-13)8-9-16(17)18-12-14-7-4-10-25-14/h1-11,18-19H,12H2. The van der Waals surface area contributed by atoms with Crippen LogP contribution in [0.25, 0.3) is 0 Å². The number of rotatable bonds is 7. The molecule has 0 unspecified atom stereocenters. The van der Waals surface area contributed by atoms with E-state index in [-0.39, 0.29) is 16.3 Å². The number of thiophene rings is 1. The maximum Gasteiger partial charge on any atom is 0.293 e. The Kier molecular flexibility index (Phi) is 5.19. The van der Waals surface area contributed by atoms with Crippen LogP contribution in [-0.4, -0.2) is 13.3 Å². The first-order chi connectivity index (χ1) is 12.5. The number of nitrogens with zero attached hydrogens (tertiary/aromatic N) is 1. The molecule has 0 amide bonds. The molecule has 7 nitrogen and oxygen atoms in total. The van der Waals surface area contributed by atoms with Gasteiger partial charge in [-0.15, -0.1) is 11.3 Å². The summed E-state index contributed by atoms with van der Waals surface area (Å²) in [5.41, 5.74) is 0.356. The van der Waals surface area contributed by atoms with Crippen molar-refractivity contribution in [1.82, 2.24) is 0 Å². The molecule has 0 aliphatic carbocycles. The summed E-state index contributed by atoms with van der Waals surface area (Å²) in [6, 6.07) is 16.0. The Balaban J connectivity index is 1.86. The smallest absolute Gasteiger partial charge is 0.293 e. The topological polar surface area (TPSA) is 101 Å². The molecule has 0 saturated carbocycles. The lowest BCUT2D eigenvalue weighted by Crippen LogP contribution is -2.13. The van der Waals surface area contributed by atoms with Crippen LogP contribution in [0.3, 0.4) is 0 Å². The molecular weight excluding hydrogens is 374 g/mol. The molecule has 0 atom stereocenters. The quantitative estimate of drug-likeness (QED) is 0.468. The number of nitrogens with one attached hydrogen (secondary N) is 2. The number of benzene rings is 2. The Morgan fingerprint density at radius 2 is 1.81 bits per heavy atom. The van der Waals surface area contributed by atoms with E-state index in [2.05, 4.69) is 10.0 Å². The van der Waals surface area contributed by atoms with Crippen molar-refractivity contribution in [2.24, 2.45) is 0 Å². The normalized spacial score (nSPS) is 11.1. The van der Waals surface area contributed by atoms with Crippen molar-refractivity contribution in [2.75, 3.05) is 10.0 Å². The first-order valence-electron chi connectivity index (χ1n) is 7.58. The molecule has 2 aromatic carbocycles. The lowest BCUT2D eigenvalue weighted by molar-refractivity contribution is -0.384. The van der Waals surface area contributed by atoms with Crippen LogP contribution < -0.4 is 10.0 Å². The lowest BCUT2D eigenvalue weighted by atomic mass is 10.2. The molecule has 0 saturated heterocycles. The van der Waals surface area contributed by atoms with Crippen molar-refractivity contribution in [1.29, 1.82) is 0 Å². The van der Waals surface area contributed by atoms with Gasteiger partial charge in [0.25, 0.3) is 15.7 Å². The number of anilines is 2. The van der Waals surface area contributed by atoms with Crippen LogP contribution in [0.4, 0.5) is 17.1 Å².